The maximum atomic E-state index is 11.6. The van der Waals surface area contributed by atoms with Crippen LogP contribution in [0.2, 0.25) is 5.02 Å². The van der Waals surface area contributed by atoms with E-state index in [9.17, 15) is 9.59 Å². The molecule has 0 radical (unpaired) electrons. The lowest BCUT2D eigenvalue weighted by Crippen LogP contribution is -2.39. The predicted octanol–water partition coefficient (Wildman–Crippen LogP) is 1.65. The summed E-state index contributed by atoms with van der Waals surface area (Å²) in [5.41, 5.74) is 1.51. The molecule has 6 heteroatoms. The third-order valence-electron chi connectivity index (χ3n) is 2.34. The zero-order chi connectivity index (χ0) is 13.7. The van der Waals surface area contributed by atoms with E-state index in [0.29, 0.717) is 10.7 Å². The van der Waals surface area contributed by atoms with Gasteiger partial charge in [-0.1, -0.05) is 17.7 Å². The molecule has 0 spiro atoms. The number of aliphatic carboxylic acids is 1. The zero-order valence-corrected chi connectivity index (χ0v) is 10.9. The van der Waals surface area contributed by atoms with Gasteiger partial charge in [0.25, 0.3) is 0 Å². The Labute approximate surface area is 110 Å². The van der Waals surface area contributed by atoms with Crippen LogP contribution in [0.25, 0.3) is 0 Å². The van der Waals surface area contributed by atoms with Crippen LogP contribution >= 0.6 is 11.6 Å². The predicted molar refractivity (Wildman–Crippen MR) is 69.9 cm³/mol. The van der Waals surface area contributed by atoms with Crippen LogP contribution in [0.3, 0.4) is 0 Å². The largest absolute Gasteiger partial charge is 0.480 e. The molecule has 0 saturated heterocycles. The lowest BCUT2D eigenvalue weighted by atomic mass is 10.2. The first-order valence-electron chi connectivity index (χ1n) is 5.42. The molecule has 3 N–H and O–H groups in total. The fraction of sp³-hybridized carbons (Fsp3) is 0.333. The van der Waals surface area contributed by atoms with Crippen LogP contribution in [-0.2, 0) is 9.59 Å². The van der Waals surface area contributed by atoms with Gasteiger partial charge in [0.2, 0.25) is 5.91 Å². The van der Waals surface area contributed by atoms with Crippen LogP contribution in [-0.4, -0.2) is 29.6 Å². The number of carboxylic acid groups (broad SMARTS) is 1. The van der Waals surface area contributed by atoms with Crippen LogP contribution < -0.4 is 10.6 Å². The van der Waals surface area contributed by atoms with Crippen molar-refractivity contribution in [3.8, 4) is 0 Å². The lowest BCUT2D eigenvalue weighted by molar-refractivity contribution is -0.139. The minimum absolute atomic E-state index is 0.0856. The van der Waals surface area contributed by atoms with Gasteiger partial charge < -0.3 is 10.4 Å². The molecule has 0 aromatic heterocycles. The molecule has 0 bridgehead atoms. The molecule has 0 unspecified atom stereocenters. The first-order valence-corrected chi connectivity index (χ1v) is 5.80. The highest BCUT2D eigenvalue weighted by atomic mass is 35.5. The average molecular weight is 271 g/mol. The molecule has 1 amide bonds. The third-order valence-corrected chi connectivity index (χ3v) is 2.65. The number of carboxylic acids is 1. The highest BCUT2D eigenvalue weighted by Crippen LogP contribution is 2.22. The van der Waals surface area contributed by atoms with E-state index >= 15 is 0 Å². The summed E-state index contributed by atoms with van der Waals surface area (Å²) in [7, 11) is 0. The van der Waals surface area contributed by atoms with Gasteiger partial charge in [-0.15, -0.1) is 0 Å². The molecular weight excluding hydrogens is 256 g/mol. The molecule has 98 valence electrons. The molecule has 0 fully saturated rings. The summed E-state index contributed by atoms with van der Waals surface area (Å²) in [4.78, 5) is 22.1. The van der Waals surface area contributed by atoms with Crippen molar-refractivity contribution in [2.75, 3.05) is 11.9 Å². The number of hydrogen-bond acceptors (Lipinski definition) is 3. The van der Waals surface area contributed by atoms with E-state index < -0.39 is 12.0 Å². The molecule has 18 heavy (non-hydrogen) atoms. The van der Waals surface area contributed by atoms with Crippen molar-refractivity contribution >= 4 is 29.2 Å². The Bertz CT molecular complexity index is 463. The molecule has 0 heterocycles. The first kappa shape index (κ1) is 14.5. The monoisotopic (exact) mass is 270 g/mol. The molecule has 1 atom stereocenters. The number of rotatable bonds is 5. The molecular formula is C12H15ClN2O3. The molecule has 0 aliphatic heterocycles. The summed E-state index contributed by atoms with van der Waals surface area (Å²) < 4.78 is 0. The summed E-state index contributed by atoms with van der Waals surface area (Å²) >= 11 is 5.96. The zero-order valence-electron chi connectivity index (χ0n) is 10.2. The molecule has 1 rings (SSSR count). The second kappa shape index (κ2) is 6.37. The lowest BCUT2D eigenvalue weighted by Gasteiger charge is -2.10. The Morgan fingerprint density at radius 1 is 1.44 bits per heavy atom. The van der Waals surface area contributed by atoms with Crippen LogP contribution in [0.4, 0.5) is 5.69 Å². The fourth-order valence-electron chi connectivity index (χ4n) is 1.25. The van der Waals surface area contributed by atoms with Gasteiger partial charge in [-0.3, -0.25) is 14.9 Å². The van der Waals surface area contributed by atoms with Gasteiger partial charge in [-0.25, -0.2) is 0 Å². The minimum atomic E-state index is -1.00. The average Bonchev–Trinajstić information content (AvgIpc) is 2.29. The summed E-state index contributed by atoms with van der Waals surface area (Å²) in [6, 6.07) is 4.50. The van der Waals surface area contributed by atoms with E-state index in [2.05, 4.69) is 10.6 Å². The number of aryl methyl sites for hydroxylation is 1. The summed E-state index contributed by atoms with van der Waals surface area (Å²) in [5.74, 6) is -1.34. The van der Waals surface area contributed by atoms with E-state index in [4.69, 9.17) is 16.7 Å². The van der Waals surface area contributed by atoms with E-state index in [-0.39, 0.29) is 12.5 Å². The number of hydrogen-bond donors (Lipinski definition) is 3. The quantitative estimate of drug-likeness (QED) is 0.760. The van der Waals surface area contributed by atoms with E-state index in [1.165, 1.54) is 6.92 Å². The maximum absolute atomic E-state index is 11.6. The molecule has 1 aromatic carbocycles. The SMILES string of the molecule is Cc1ccc(NC(=O)CN[C@@H](C)C(=O)O)c(Cl)c1. The highest BCUT2D eigenvalue weighted by Gasteiger charge is 2.12. The van der Waals surface area contributed by atoms with Gasteiger partial charge in [-0.05, 0) is 31.5 Å². The number of amides is 1. The van der Waals surface area contributed by atoms with Crippen molar-refractivity contribution < 1.29 is 14.7 Å². The standard InChI is InChI=1S/C12H15ClN2O3/c1-7-3-4-10(9(13)5-7)15-11(16)6-14-8(2)12(17)18/h3-5,8,14H,6H2,1-2H3,(H,15,16)(H,17,18)/t8-/m0/s1. The van der Waals surface area contributed by atoms with Crippen molar-refractivity contribution in [2.24, 2.45) is 0 Å². The summed E-state index contributed by atoms with van der Waals surface area (Å²) in [6.45, 7) is 3.28. The smallest absolute Gasteiger partial charge is 0.320 e. The van der Waals surface area contributed by atoms with E-state index in [1.54, 1.807) is 12.1 Å². The van der Waals surface area contributed by atoms with Gasteiger partial charge in [0.15, 0.2) is 0 Å². The Hall–Kier alpha value is -1.59. The first-order chi connectivity index (χ1) is 8.40. The van der Waals surface area contributed by atoms with Crippen LogP contribution in [0.15, 0.2) is 18.2 Å². The minimum Gasteiger partial charge on any atom is -0.480 e. The topological polar surface area (TPSA) is 78.4 Å². The molecule has 0 aliphatic carbocycles. The van der Waals surface area contributed by atoms with Gasteiger partial charge in [-0.2, -0.15) is 0 Å². The van der Waals surface area contributed by atoms with Crippen molar-refractivity contribution in [1.82, 2.24) is 5.32 Å². The highest BCUT2D eigenvalue weighted by molar-refractivity contribution is 6.33. The van der Waals surface area contributed by atoms with Crippen molar-refractivity contribution in [3.05, 3.63) is 28.8 Å². The fourth-order valence-corrected chi connectivity index (χ4v) is 1.53. The number of nitrogens with one attached hydrogen (secondary N) is 2. The van der Waals surface area contributed by atoms with Gasteiger partial charge in [0.05, 0.1) is 17.3 Å². The Morgan fingerprint density at radius 2 is 2.11 bits per heavy atom. The van der Waals surface area contributed by atoms with E-state index in [0.717, 1.165) is 5.56 Å². The van der Waals surface area contributed by atoms with Gasteiger partial charge in [0, 0.05) is 0 Å². The van der Waals surface area contributed by atoms with E-state index in [1.807, 2.05) is 13.0 Å². The maximum Gasteiger partial charge on any atom is 0.320 e. The Morgan fingerprint density at radius 3 is 2.67 bits per heavy atom. The summed E-state index contributed by atoms with van der Waals surface area (Å²) in [5, 5.41) is 14.3. The number of carbonyl (C=O) groups is 2. The van der Waals surface area contributed by atoms with Crippen LogP contribution in [0.5, 0.6) is 0 Å². The van der Waals surface area contributed by atoms with Crippen molar-refractivity contribution in [2.45, 2.75) is 19.9 Å². The van der Waals surface area contributed by atoms with Crippen LogP contribution in [0, 0.1) is 6.92 Å². The van der Waals surface area contributed by atoms with Crippen LogP contribution in [0.1, 0.15) is 12.5 Å². The third kappa shape index (κ3) is 4.35. The summed E-state index contributed by atoms with van der Waals surface area (Å²) in [6.07, 6.45) is 0. The number of benzene rings is 1. The number of anilines is 1. The van der Waals surface area contributed by atoms with Gasteiger partial charge in [0.1, 0.15) is 6.04 Å². The Balaban J connectivity index is 2.52. The normalized spacial score (nSPS) is 11.9. The second-order valence-corrected chi connectivity index (χ2v) is 4.38. The molecule has 0 aliphatic rings. The van der Waals surface area contributed by atoms with Crippen molar-refractivity contribution in [1.29, 1.82) is 0 Å². The number of halogens is 1. The van der Waals surface area contributed by atoms with Gasteiger partial charge >= 0.3 is 5.97 Å². The Kier molecular flexibility index (Phi) is 5.12. The molecule has 5 nitrogen and oxygen atoms in total. The molecule has 0 saturated carbocycles. The van der Waals surface area contributed by atoms with Crippen molar-refractivity contribution in [3.63, 3.8) is 0 Å². The number of carbonyl (C=O) groups excluding carboxylic acids is 1. The second-order valence-electron chi connectivity index (χ2n) is 3.97. The molecule has 1 aromatic rings.